The minimum absolute atomic E-state index is 0.559. The van der Waals surface area contributed by atoms with Crippen LogP contribution in [-0.4, -0.2) is 31.1 Å². The van der Waals surface area contributed by atoms with Crippen molar-refractivity contribution >= 4 is 0 Å². The summed E-state index contributed by atoms with van der Waals surface area (Å²) in [5.41, 5.74) is 5.82. The van der Waals surface area contributed by atoms with Gasteiger partial charge < -0.3 is 10.6 Å². The van der Waals surface area contributed by atoms with Gasteiger partial charge in [0.1, 0.15) is 0 Å². The van der Waals surface area contributed by atoms with Crippen LogP contribution < -0.4 is 5.73 Å². The van der Waals surface area contributed by atoms with E-state index < -0.39 is 0 Å². The second-order valence-electron chi connectivity index (χ2n) is 4.20. The Morgan fingerprint density at radius 1 is 1.27 bits per heavy atom. The zero-order chi connectivity index (χ0) is 7.84. The molecule has 0 spiro atoms. The molecular formula is C9H18N2. The minimum Gasteiger partial charge on any atom is -0.327 e. The van der Waals surface area contributed by atoms with Crippen molar-refractivity contribution in [2.75, 3.05) is 20.1 Å². The van der Waals surface area contributed by atoms with Crippen LogP contribution in [0.5, 0.6) is 0 Å². The molecule has 2 heteroatoms. The first-order chi connectivity index (χ1) is 5.27. The number of nitrogens with zero attached hydrogens (tertiary/aromatic N) is 1. The second kappa shape index (κ2) is 2.76. The van der Waals surface area contributed by atoms with Crippen LogP contribution in [0.15, 0.2) is 0 Å². The van der Waals surface area contributed by atoms with Gasteiger partial charge in [0.15, 0.2) is 0 Å². The summed E-state index contributed by atoms with van der Waals surface area (Å²) >= 11 is 0. The van der Waals surface area contributed by atoms with Gasteiger partial charge >= 0.3 is 0 Å². The molecule has 2 nitrogen and oxygen atoms in total. The fourth-order valence-corrected chi connectivity index (χ4v) is 2.23. The Labute approximate surface area is 68.7 Å². The molecule has 0 unspecified atom stereocenters. The Hall–Kier alpha value is -0.0800. The van der Waals surface area contributed by atoms with E-state index in [9.17, 15) is 0 Å². The van der Waals surface area contributed by atoms with Crippen LogP contribution in [0.1, 0.15) is 19.3 Å². The van der Waals surface area contributed by atoms with E-state index in [0.29, 0.717) is 6.04 Å². The molecule has 1 saturated heterocycles. The second-order valence-corrected chi connectivity index (χ2v) is 4.20. The first kappa shape index (κ1) is 7.56. The van der Waals surface area contributed by atoms with Crippen LogP contribution in [0, 0.1) is 11.8 Å². The fraction of sp³-hybridized carbons (Fsp3) is 1.00. The summed E-state index contributed by atoms with van der Waals surface area (Å²) in [6, 6.07) is 0.559. The van der Waals surface area contributed by atoms with E-state index in [1.54, 1.807) is 0 Å². The molecule has 1 saturated carbocycles. The molecule has 2 fully saturated rings. The highest BCUT2D eigenvalue weighted by atomic mass is 15.1. The van der Waals surface area contributed by atoms with Crippen LogP contribution in [-0.2, 0) is 0 Å². The van der Waals surface area contributed by atoms with Crippen molar-refractivity contribution in [2.45, 2.75) is 25.3 Å². The van der Waals surface area contributed by atoms with Crippen LogP contribution in [0.25, 0.3) is 0 Å². The predicted octanol–water partition coefficient (Wildman–Crippen LogP) is 0.675. The van der Waals surface area contributed by atoms with Crippen molar-refractivity contribution < 1.29 is 0 Å². The van der Waals surface area contributed by atoms with Crippen molar-refractivity contribution in [3.63, 3.8) is 0 Å². The van der Waals surface area contributed by atoms with E-state index in [1.165, 1.54) is 32.4 Å². The van der Waals surface area contributed by atoms with Gasteiger partial charge in [0.25, 0.3) is 0 Å². The number of piperidine rings is 1. The summed E-state index contributed by atoms with van der Waals surface area (Å²) in [6.45, 7) is 2.57. The summed E-state index contributed by atoms with van der Waals surface area (Å²) in [7, 11) is 2.21. The molecule has 2 N–H and O–H groups in total. The summed E-state index contributed by atoms with van der Waals surface area (Å²) < 4.78 is 0. The van der Waals surface area contributed by atoms with Crippen molar-refractivity contribution in [1.29, 1.82) is 0 Å². The standard InChI is InChI=1S/C9H18N2/c1-11-4-2-7(3-5-11)8-6-9(8)10/h7-9H,2-6,10H2,1H3/t8-,9+/m1/s1. The highest BCUT2D eigenvalue weighted by Gasteiger charge is 2.40. The van der Waals surface area contributed by atoms with Crippen LogP contribution in [0.3, 0.4) is 0 Å². The molecule has 0 aromatic carbocycles. The summed E-state index contributed by atoms with van der Waals surface area (Å²) in [6.07, 6.45) is 4.07. The van der Waals surface area contributed by atoms with Gasteiger partial charge in [-0.15, -0.1) is 0 Å². The molecule has 0 aromatic heterocycles. The van der Waals surface area contributed by atoms with Gasteiger partial charge in [-0.2, -0.15) is 0 Å². The first-order valence-corrected chi connectivity index (χ1v) is 4.71. The maximum absolute atomic E-state index is 5.82. The average Bonchev–Trinajstić information content (AvgIpc) is 2.69. The summed E-state index contributed by atoms with van der Waals surface area (Å²) in [5.74, 6) is 1.85. The van der Waals surface area contributed by atoms with E-state index in [0.717, 1.165) is 11.8 Å². The topological polar surface area (TPSA) is 29.3 Å². The van der Waals surface area contributed by atoms with Crippen molar-refractivity contribution in [1.82, 2.24) is 4.90 Å². The van der Waals surface area contributed by atoms with Gasteiger partial charge in [-0.3, -0.25) is 0 Å². The molecule has 2 aliphatic rings. The van der Waals surface area contributed by atoms with E-state index in [2.05, 4.69) is 11.9 Å². The fourth-order valence-electron chi connectivity index (χ4n) is 2.23. The minimum atomic E-state index is 0.559. The zero-order valence-corrected chi connectivity index (χ0v) is 7.29. The molecule has 2 rings (SSSR count). The lowest BCUT2D eigenvalue weighted by molar-refractivity contribution is 0.202. The van der Waals surface area contributed by atoms with Crippen molar-refractivity contribution in [3.05, 3.63) is 0 Å². The largest absolute Gasteiger partial charge is 0.327 e. The van der Waals surface area contributed by atoms with Gasteiger partial charge in [-0.25, -0.2) is 0 Å². The quantitative estimate of drug-likeness (QED) is 0.601. The summed E-state index contributed by atoms with van der Waals surface area (Å²) in [4.78, 5) is 2.42. The molecule has 11 heavy (non-hydrogen) atoms. The molecule has 0 aromatic rings. The SMILES string of the molecule is CN1CCC([C@H]2C[C@@H]2N)CC1. The Morgan fingerprint density at radius 2 is 1.82 bits per heavy atom. The number of hydrogen-bond acceptors (Lipinski definition) is 2. The highest BCUT2D eigenvalue weighted by molar-refractivity contribution is 4.95. The van der Waals surface area contributed by atoms with Gasteiger partial charge in [-0.1, -0.05) is 0 Å². The van der Waals surface area contributed by atoms with E-state index >= 15 is 0 Å². The number of nitrogens with two attached hydrogens (primary N) is 1. The number of hydrogen-bond donors (Lipinski definition) is 1. The van der Waals surface area contributed by atoms with Crippen LogP contribution >= 0.6 is 0 Å². The lowest BCUT2D eigenvalue weighted by Gasteiger charge is -2.28. The van der Waals surface area contributed by atoms with Crippen molar-refractivity contribution in [2.24, 2.45) is 17.6 Å². The van der Waals surface area contributed by atoms with Gasteiger partial charge in [0, 0.05) is 6.04 Å². The van der Waals surface area contributed by atoms with E-state index in [-0.39, 0.29) is 0 Å². The number of likely N-dealkylation sites (tertiary alicyclic amines) is 1. The zero-order valence-electron chi connectivity index (χ0n) is 7.29. The molecule has 0 radical (unpaired) electrons. The molecule has 1 aliphatic heterocycles. The Morgan fingerprint density at radius 3 is 2.27 bits per heavy atom. The summed E-state index contributed by atoms with van der Waals surface area (Å²) in [5, 5.41) is 0. The van der Waals surface area contributed by atoms with Crippen LogP contribution in [0.4, 0.5) is 0 Å². The Kier molecular flexibility index (Phi) is 1.90. The lowest BCUT2D eigenvalue weighted by atomic mass is 9.92. The molecule has 0 amide bonds. The average molecular weight is 154 g/mol. The third-order valence-corrected chi connectivity index (χ3v) is 3.26. The molecular weight excluding hydrogens is 136 g/mol. The van der Waals surface area contributed by atoms with Gasteiger partial charge in [0.2, 0.25) is 0 Å². The highest BCUT2D eigenvalue weighted by Crippen LogP contribution is 2.40. The van der Waals surface area contributed by atoms with E-state index in [4.69, 9.17) is 5.73 Å². The monoisotopic (exact) mass is 154 g/mol. The maximum atomic E-state index is 5.82. The molecule has 1 aliphatic carbocycles. The lowest BCUT2D eigenvalue weighted by Crippen LogP contribution is -2.31. The maximum Gasteiger partial charge on any atom is 0.00737 e. The Bertz CT molecular complexity index is 138. The normalized spacial score (nSPS) is 40.9. The third-order valence-electron chi connectivity index (χ3n) is 3.26. The Balaban J connectivity index is 1.79. The smallest absolute Gasteiger partial charge is 0.00737 e. The predicted molar refractivity (Wildman–Crippen MR) is 46.3 cm³/mol. The van der Waals surface area contributed by atoms with Gasteiger partial charge in [-0.05, 0) is 51.2 Å². The van der Waals surface area contributed by atoms with Crippen molar-refractivity contribution in [3.8, 4) is 0 Å². The molecule has 2 atom stereocenters. The number of rotatable bonds is 1. The first-order valence-electron chi connectivity index (χ1n) is 4.71. The third kappa shape index (κ3) is 1.57. The molecule has 0 bridgehead atoms. The molecule has 1 heterocycles. The van der Waals surface area contributed by atoms with E-state index in [1.807, 2.05) is 0 Å². The molecule has 64 valence electrons. The van der Waals surface area contributed by atoms with Crippen LogP contribution in [0.2, 0.25) is 0 Å². The van der Waals surface area contributed by atoms with Gasteiger partial charge in [0.05, 0.1) is 0 Å².